The Morgan fingerprint density at radius 3 is 2.34 bits per heavy atom. The van der Waals surface area contributed by atoms with E-state index in [1.165, 1.54) is 0 Å². The molecule has 0 unspecified atom stereocenters. The normalized spacial score (nSPS) is 16.0. The largest absolute Gasteiger partial charge is 0.303 e. The molecule has 0 atom stereocenters. The van der Waals surface area contributed by atoms with Gasteiger partial charge < -0.3 is 4.57 Å². The van der Waals surface area contributed by atoms with Gasteiger partial charge in [-0.25, -0.2) is 13.1 Å². The number of hydrogen-bond donors (Lipinski definition) is 0. The van der Waals surface area contributed by atoms with E-state index in [-0.39, 0.29) is 0 Å². The average molecular weight is 473 g/mol. The lowest BCUT2D eigenvalue weighted by molar-refractivity contribution is 0.144. The first-order valence-electron chi connectivity index (χ1n) is 10.6. The zero-order valence-electron chi connectivity index (χ0n) is 18.5. The number of aromatic nitrogens is 4. The molecule has 0 saturated carbocycles. The molecule has 10 heteroatoms. The molecular weight excluding hydrogens is 444 g/mol. The molecule has 0 aliphatic carbocycles. The Bertz CT molecular complexity index is 1230. The number of piperazine rings is 1. The van der Waals surface area contributed by atoms with Gasteiger partial charge in [-0.15, -0.1) is 0 Å². The molecule has 0 radical (unpaired) electrons. The van der Waals surface area contributed by atoms with Crippen LogP contribution in [0.4, 0.5) is 0 Å². The molecule has 8 nitrogen and oxygen atoms in total. The summed E-state index contributed by atoms with van der Waals surface area (Å²) in [7, 11) is -1.60. The monoisotopic (exact) mass is 472 g/mol. The van der Waals surface area contributed by atoms with Crippen molar-refractivity contribution >= 4 is 22.2 Å². The highest BCUT2D eigenvalue weighted by atomic mass is 32.2. The second kappa shape index (κ2) is 9.22. The van der Waals surface area contributed by atoms with Crippen molar-refractivity contribution in [3.05, 3.63) is 59.1 Å². The van der Waals surface area contributed by atoms with E-state index in [9.17, 15) is 8.42 Å². The first-order chi connectivity index (χ1) is 15.3. The summed E-state index contributed by atoms with van der Waals surface area (Å²) in [6.45, 7) is 6.80. The lowest BCUT2D eigenvalue weighted by atomic mass is 10.0. The quantitative estimate of drug-likeness (QED) is 0.513. The van der Waals surface area contributed by atoms with Crippen LogP contribution in [0.2, 0.25) is 0 Å². The lowest BCUT2D eigenvalue weighted by Gasteiger charge is -2.33. The fourth-order valence-corrected chi connectivity index (χ4v) is 5.41. The van der Waals surface area contributed by atoms with E-state index in [2.05, 4.69) is 28.8 Å². The molecule has 4 rings (SSSR count). The SMILES string of the molecule is CC(C)c1ccc(S(=O)(=O)N2CCN(Cn3nc(-c4cccnc4)n(C)c3=S)CC2)cc1. The zero-order chi connectivity index (χ0) is 22.9. The fraction of sp³-hybridized carbons (Fsp3) is 0.409. The molecule has 1 aromatic carbocycles. The number of nitrogens with zero attached hydrogens (tertiary/aromatic N) is 6. The Morgan fingerprint density at radius 2 is 1.75 bits per heavy atom. The fourth-order valence-electron chi connectivity index (χ4n) is 3.80. The van der Waals surface area contributed by atoms with Gasteiger partial charge in [0.15, 0.2) is 10.6 Å². The highest BCUT2D eigenvalue weighted by Crippen LogP contribution is 2.22. The van der Waals surface area contributed by atoms with E-state index in [1.54, 1.807) is 33.5 Å². The smallest absolute Gasteiger partial charge is 0.243 e. The number of pyridine rings is 1. The number of benzene rings is 1. The summed E-state index contributed by atoms with van der Waals surface area (Å²) < 4.78 is 31.9. The molecule has 1 aliphatic rings. The molecular formula is C22H28N6O2S2. The van der Waals surface area contributed by atoms with Crippen LogP contribution in [-0.4, -0.2) is 63.1 Å². The second-order valence-corrected chi connectivity index (χ2v) is 10.6. The topological polar surface area (TPSA) is 76.3 Å². The van der Waals surface area contributed by atoms with Gasteiger partial charge in [0.2, 0.25) is 10.0 Å². The van der Waals surface area contributed by atoms with Crippen molar-refractivity contribution in [3.63, 3.8) is 0 Å². The van der Waals surface area contributed by atoms with Crippen LogP contribution in [0.5, 0.6) is 0 Å². The highest BCUT2D eigenvalue weighted by molar-refractivity contribution is 7.89. The highest BCUT2D eigenvalue weighted by Gasteiger charge is 2.29. The maximum absolute atomic E-state index is 13.1. The van der Waals surface area contributed by atoms with Gasteiger partial charge in [-0.1, -0.05) is 26.0 Å². The van der Waals surface area contributed by atoms with Crippen LogP contribution in [0.1, 0.15) is 25.3 Å². The van der Waals surface area contributed by atoms with Gasteiger partial charge in [-0.05, 0) is 48.0 Å². The summed E-state index contributed by atoms with van der Waals surface area (Å²) in [5, 5.41) is 4.67. The Hall–Kier alpha value is -2.40. The van der Waals surface area contributed by atoms with Gasteiger partial charge in [0.1, 0.15) is 0 Å². The van der Waals surface area contributed by atoms with Gasteiger partial charge in [-0.3, -0.25) is 9.88 Å². The number of rotatable bonds is 6. The van der Waals surface area contributed by atoms with Gasteiger partial charge in [-0.2, -0.15) is 9.40 Å². The molecule has 0 N–H and O–H groups in total. The molecule has 1 saturated heterocycles. The molecule has 0 amide bonds. The maximum atomic E-state index is 13.1. The standard InChI is InChI=1S/C22H28N6O2S2/c1-17(2)18-6-8-20(9-7-18)32(29,30)27-13-11-26(12-14-27)16-28-22(31)25(3)21(24-28)19-5-4-10-23-15-19/h4-10,15,17H,11-14,16H2,1-3H3. The molecule has 0 spiro atoms. The summed E-state index contributed by atoms with van der Waals surface area (Å²) in [6.07, 6.45) is 3.49. The van der Waals surface area contributed by atoms with Crippen LogP contribution < -0.4 is 0 Å². The Morgan fingerprint density at radius 1 is 1.06 bits per heavy atom. The van der Waals surface area contributed by atoms with Crippen molar-refractivity contribution in [1.82, 2.24) is 28.5 Å². The Labute approximate surface area is 194 Å². The van der Waals surface area contributed by atoms with E-state index >= 15 is 0 Å². The average Bonchev–Trinajstić information content (AvgIpc) is 3.08. The zero-order valence-corrected chi connectivity index (χ0v) is 20.2. The molecule has 3 heterocycles. The van der Waals surface area contributed by atoms with Gasteiger partial charge in [0.25, 0.3) is 0 Å². The minimum atomic E-state index is -3.49. The third-order valence-electron chi connectivity index (χ3n) is 5.81. The van der Waals surface area contributed by atoms with Crippen molar-refractivity contribution in [2.75, 3.05) is 26.2 Å². The summed E-state index contributed by atoms with van der Waals surface area (Å²) in [5.74, 6) is 1.13. The molecule has 170 valence electrons. The second-order valence-electron chi connectivity index (χ2n) is 8.29. The predicted octanol–water partition coefficient (Wildman–Crippen LogP) is 3.10. The summed E-state index contributed by atoms with van der Waals surface area (Å²) in [6, 6.07) is 11.0. The minimum Gasteiger partial charge on any atom is -0.303 e. The summed E-state index contributed by atoms with van der Waals surface area (Å²) in [5.41, 5.74) is 2.03. The van der Waals surface area contributed by atoms with Crippen LogP contribution in [0.15, 0.2) is 53.7 Å². The maximum Gasteiger partial charge on any atom is 0.243 e. The Balaban J connectivity index is 1.43. The van der Waals surface area contributed by atoms with Crippen molar-refractivity contribution in [1.29, 1.82) is 0 Å². The van der Waals surface area contributed by atoms with Crippen molar-refractivity contribution in [3.8, 4) is 11.4 Å². The van der Waals surface area contributed by atoms with E-state index in [0.717, 1.165) is 17.0 Å². The molecule has 0 bridgehead atoms. The third-order valence-corrected chi connectivity index (χ3v) is 8.21. The van der Waals surface area contributed by atoms with Gasteiger partial charge >= 0.3 is 0 Å². The van der Waals surface area contributed by atoms with E-state index < -0.39 is 10.0 Å². The third kappa shape index (κ3) is 4.54. The Kier molecular flexibility index (Phi) is 6.57. The first kappa shape index (κ1) is 22.8. The van der Waals surface area contributed by atoms with Crippen LogP contribution in [0.25, 0.3) is 11.4 Å². The van der Waals surface area contributed by atoms with E-state index in [4.69, 9.17) is 12.2 Å². The van der Waals surface area contributed by atoms with Crippen molar-refractivity contribution < 1.29 is 8.42 Å². The van der Waals surface area contributed by atoms with E-state index in [1.807, 2.05) is 35.9 Å². The van der Waals surface area contributed by atoms with Gasteiger partial charge in [0.05, 0.1) is 11.6 Å². The number of hydrogen-bond acceptors (Lipinski definition) is 6. The molecule has 32 heavy (non-hydrogen) atoms. The first-order valence-corrected chi connectivity index (χ1v) is 12.5. The van der Waals surface area contributed by atoms with Crippen molar-refractivity contribution in [2.24, 2.45) is 7.05 Å². The molecule has 2 aromatic heterocycles. The van der Waals surface area contributed by atoms with Crippen LogP contribution in [0.3, 0.4) is 0 Å². The van der Waals surface area contributed by atoms with Crippen molar-refractivity contribution in [2.45, 2.75) is 31.3 Å². The predicted molar refractivity (Wildman–Crippen MR) is 126 cm³/mol. The van der Waals surface area contributed by atoms with Gasteiger partial charge in [0, 0.05) is 51.2 Å². The van der Waals surface area contributed by atoms with Crippen LogP contribution in [-0.2, 0) is 23.7 Å². The van der Waals surface area contributed by atoms with Crippen LogP contribution in [0, 0.1) is 4.77 Å². The summed E-state index contributed by atoms with van der Waals surface area (Å²) in [4.78, 5) is 6.68. The molecule has 1 aliphatic heterocycles. The molecule has 1 fully saturated rings. The van der Waals surface area contributed by atoms with Crippen LogP contribution >= 0.6 is 12.2 Å². The molecule has 3 aromatic rings. The minimum absolute atomic E-state index is 0.350. The van der Waals surface area contributed by atoms with E-state index in [0.29, 0.717) is 48.4 Å². The summed E-state index contributed by atoms with van der Waals surface area (Å²) >= 11 is 5.57. The number of sulfonamides is 1. The lowest BCUT2D eigenvalue weighted by Crippen LogP contribution is -2.48.